The zero-order chi connectivity index (χ0) is 10.8. The Balaban J connectivity index is 2.69. The van der Waals surface area contributed by atoms with Gasteiger partial charge in [0.05, 0.1) is 0 Å². The quantitative estimate of drug-likeness (QED) is 0.666. The van der Waals surface area contributed by atoms with Crippen molar-refractivity contribution in [2.75, 3.05) is 0 Å². The van der Waals surface area contributed by atoms with Gasteiger partial charge in [0.1, 0.15) is 0 Å². The lowest BCUT2D eigenvalue weighted by Gasteiger charge is -2.06. The van der Waals surface area contributed by atoms with Crippen LogP contribution in [0, 0.1) is 0 Å². The Bertz CT molecular complexity index is 506. The van der Waals surface area contributed by atoms with Crippen LogP contribution >= 0.6 is 0 Å². The number of allylic oxidation sites excluding steroid dienone is 1. The number of fused-ring (bicyclic) bond motifs is 1. The number of hydrogen-bond acceptors (Lipinski definition) is 0. The van der Waals surface area contributed by atoms with Crippen LogP contribution in [0.4, 0.5) is 0 Å². The van der Waals surface area contributed by atoms with Gasteiger partial charge in [0.25, 0.3) is 0 Å². The summed E-state index contributed by atoms with van der Waals surface area (Å²) < 4.78 is 0. The first-order chi connectivity index (χ1) is 7.22. The Morgan fingerprint density at radius 3 is 2.67 bits per heavy atom. The van der Waals surface area contributed by atoms with Crippen LogP contribution in [-0.2, 0) is 6.42 Å². The molecule has 2 aromatic rings. The van der Waals surface area contributed by atoms with Gasteiger partial charge in [-0.05, 0) is 41.3 Å². The highest BCUT2D eigenvalue weighted by molar-refractivity contribution is 5.88. The van der Waals surface area contributed by atoms with Crippen LogP contribution in [0.5, 0.6) is 0 Å². The Labute approximate surface area is 91.2 Å². The molecule has 0 radical (unpaired) electrons. The first kappa shape index (κ1) is 9.97. The lowest BCUT2D eigenvalue weighted by molar-refractivity contribution is 1.16. The molecule has 0 aliphatic carbocycles. The molecular weight excluding hydrogens is 180 g/mol. The summed E-state index contributed by atoms with van der Waals surface area (Å²) in [6.45, 7) is 8.22. The van der Waals surface area contributed by atoms with Crippen molar-refractivity contribution in [2.45, 2.75) is 20.3 Å². The maximum Gasteiger partial charge on any atom is -0.0152 e. The molecule has 0 heterocycles. The van der Waals surface area contributed by atoms with Crippen molar-refractivity contribution >= 4 is 16.3 Å². The molecule has 0 N–H and O–H groups in total. The topological polar surface area (TPSA) is 0 Å². The molecule has 15 heavy (non-hydrogen) atoms. The fourth-order valence-corrected chi connectivity index (χ4v) is 1.92. The molecule has 0 aromatic heterocycles. The van der Waals surface area contributed by atoms with E-state index in [9.17, 15) is 0 Å². The van der Waals surface area contributed by atoms with E-state index in [0.717, 1.165) is 12.0 Å². The SMILES string of the molecule is C=C(C)c1ccc2c(CC)cccc2c1. The molecule has 0 amide bonds. The minimum Gasteiger partial charge on any atom is -0.0955 e. The number of aryl methyl sites for hydroxylation is 1. The second-order valence-electron chi connectivity index (χ2n) is 3.99. The van der Waals surface area contributed by atoms with Gasteiger partial charge >= 0.3 is 0 Å². The van der Waals surface area contributed by atoms with Gasteiger partial charge in [0.2, 0.25) is 0 Å². The van der Waals surface area contributed by atoms with Crippen LogP contribution in [0.2, 0.25) is 0 Å². The molecule has 0 saturated heterocycles. The van der Waals surface area contributed by atoms with Crippen LogP contribution in [0.1, 0.15) is 25.0 Å². The summed E-state index contributed by atoms with van der Waals surface area (Å²) in [5.74, 6) is 0. The summed E-state index contributed by atoms with van der Waals surface area (Å²) in [4.78, 5) is 0. The largest absolute Gasteiger partial charge is 0.0955 e. The van der Waals surface area contributed by atoms with Gasteiger partial charge in [-0.25, -0.2) is 0 Å². The van der Waals surface area contributed by atoms with Crippen molar-refractivity contribution < 1.29 is 0 Å². The molecular formula is C15H16. The van der Waals surface area contributed by atoms with E-state index in [2.05, 4.69) is 49.9 Å². The average Bonchev–Trinajstić information content (AvgIpc) is 2.27. The van der Waals surface area contributed by atoms with Crippen molar-refractivity contribution in [3.63, 3.8) is 0 Å². The molecule has 0 saturated carbocycles. The van der Waals surface area contributed by atoms with Crippen LogP contribution in [-0.4, -0.2) is 0 Å². The van der Waals surface area contributed by atoms with E-state index < -0.39 is 0 Å². The summed E-state index contributed by atoms with van der Waals surface area (Å²) in [5.41, 5.74) is 3.77. The molecule has 0 aliphatic rings. The minimum absolute atomic E-state index is 1.09. The van der Waals surface area contributed by atoms with E-state index >= 15 is 0 Å². The fraction of sp³-hybridized carbons (Fsp3) is 0.200. The Kier molecular flexibility index (Phi) is 2.59. The van der Waals surface area contributed by atoms with Gasteiger partial charge in [-0.1, -0.05) is 49.4 Å². The molecule has 0 aliphatic heterocycles. The molecule has 0 atom stereocenters. The molecule has 0 spiro atoms. The van der Waals surface area contributed by atoms with Crippen molar-refractivity contribution in [1.29, 1.82) is 0 Å². The second kappa shape index (κ2) is 3.90. The standard InChI is InChI=1S/C15H16/c1-4-12-6-5-7-14-10-13(11(2)3)8-9-15(12)14/h5-10H,2,4H2,1,3H3. The predicted octanol–water partition coefficient (Wildman–Crippen LogP) is 4.44. The predicted molar refractivity (Wildman–Crippen MR) is 68.0 cm³/mol. The smallest absolute Gasteiger partial charge is 0.0152 e. The number of hydrogen-bond donors (Lipinski definition) is 0. The normalized spacial score (nSPS) is 10.5. The lowest BCUT2D eigenvalue weighted by Crippen LogP contribution is -1.85. The maximum absolute atomic E-state index is 3.97. The van der Waals surface area contributed by atoms with Crippen LogP contribution in [0.25, 0.3) is 16.3 Å². The molecule has 0 unspecified atom stereocenters. The van der Waals surface area contributed by atoms with Crippen molar-refractivity contribution in [3.05, 3.63) is 54.1 Å². The van der Waals surface area contributed by atoms with E-state index in [0.29, 0.717) is 0 Å². The first-order valence-corrected chi connectivity index (χ1v) is 5.40. The molecule has 0 fully saturated rings. The van der Waals surface area contributed by atoms with Crippen molar-refractivity contribution in [2.24, 2.45) is 0 Å². The lowest BCUT2D eigenvalue weighted by atomic mass is 9.99. The molecule has 2 aromatic carbocycles. The summed E-state index contributed by atoms with van der Waals surface area (Å²) in [5, 5.41) is 2.68. The zero-order valence-corrected chi connectivity index (χ0v) is 9.38. The van der Waals surface area contributed by atoms with E-state index in [1.807, 2.05) is 6.92 Å². The highest BCUT2D eigenvalue weighted by Gasteiger charge is 2.00. The van der Waals surface area contributed by atoms with Crippen LogP contribution < -0.4 is 0 Å². The van der Waals surface area contributed by atoms with Crippen molar-refractivity contribution in [3.8, 4) is 0 Å². The Morgan fingerprint density at radius 1 is 1.20 bits per heavy atom. The molecule has 2 rings (SSSR count). The summed E-state index contributed by atoms with van der Waals surface area (Å²) in [6, 6.07) is 13.1. The number of rotatable bonds is 2. The monoisotopic (exact) mass is 196 g/mol. The zero-order valence-electron chi connectivity index (χ0n) is 9.38. The van der Waals surface area contributed by atoms with Gasteiger partial charge in [0, 0.05) is 0 Å². The van der Waals surface area contributed by atoms with Crippen LogP contribution in [0.3, 0.4) is 0 Å². The molecule has 0 bridgehead atoms. The van der Waals surface area contributed by atoms with Gasteiger partial charge in [-0.15, -0.1) is 0 Å². The highest BCUT2D eigenvalue weighted by atomic mass is 14.0. The fourth-order valence-electron chi connectivity index (χ4n) is 1.92. The minimum atomic E-state index is 1.09. The maximum atomic E-state index is 3.97. The summed E-state index contributed by atoms with van der Waals surface area (Å²) in [7, 11) is 0. The highest BCUT2D eigenvalue weighted by Crippen LogP contribution is 2.23. The second-order valence-corrected chi connectivity index (χ2v) is 3.99. The molecule has 0 nitrogen and oxygen atoms in total. The van der Waals surface area contributed by atoms with E-state index in [1.54, 1.807) is 0 Å². The van der Waals surface area contributed by atoms with Gasteiger partial charge < -0.3 is 0 Å². The Hall–Kier alpha value is -1.56. The average molecular weight is 196 g/mol. The third-order valence-corrected chi connectivity index (χ3v) is 2.84. The van der Waals surface area contributed by atoms with Gasteiger partial charge in [-0.2, -0.15) is 0 Å². The third-order valence-electron chi connectivity index (χ3n) is 2.84. The third kappa shape index (κ3) is 1.80. The van der Waals surface area contributed by atoms with Gasteiger partial charge in [0.15, 0.2) is 0 Å². The van der Waals surface area contributed by atoms with Crippen molar-refractivity contribution in [1.82, 2.24) is 0 Å². The van der Waals surface area contributed by atoms with E-state index in [1.165, 1.54) is 21.9 Å². The van der Waals surface area contributed by atoms with E-state index in [-0.39, 0.29) is 0 Å². The summed E-state index contributed by atoms with van der Waals surface area (Å²) >= 11 is 0. The van der Waals surface area contributed by atoms with E-state index in [4.69, 9.17) is 0 Å². The molecule has 0 heteroatoms. The first-order valence-electron chi connectivity index (χ1n) is 5.40. The number of benzene rings is 2. The van der Waals surface area contributed by atoms with Crippen LogP contribution in [0.15, 0.2) is 43.0 Å². The van der Waals surface area contributed by atoms with Gasteiger partial charge in [-0.3, -0.25) is 0 Å². The molecule has 76 valence electrons. The Morgan fingerprint density at radius 2 is 2.00 bits per heavy atom. The summed E-state index contributed by atoms with van der Waals surface area (Å²) in [6.07, 6.45) is 1.09.